The molecule has 1 aromatic heterocycles. The Bertz CT molecular complexity index is 941. The molecule has 0 bridgehead atoms. The molecule has 156 valence electrons. The van der Waals surface area contributed by atoms with E-state index in [0.29, 0.717) is 17.7 Å². The second-order valence-corrected chi connectivity index (χ2v) is 7.59. The average molecular weight is 407 g/mol. The number of rotatable bonds is 6. The molecule has 0 unspecified atom stereocenters. The summed E-state index contributed by atoms with van der Waals surface area (Å²) in [5, 5.41) is 5.50. The number of amides is 4. The second kappa shape index (κ2) is 8.14. The molecule has 0 aliphatic carbocycles. The van der Waals surface area contributed by atoms with E-state index in [-0.39, 0.29) is 6.54 Å². The van der Waals surface area contributed by atoms with Crippen molar-refractivity contribution in [2.24, 2.45) is 0 Å². The van der Waals surface area contributed by atoms with Gasteiger partial charge >= 0.3 is 6.03 Å². The minimum atomic E-state index is -1.14. The topological polar surface area (TPSA) is 94.6 Å². The number of pyridine rings is 1. The van der Waals surface area contributed by atoms with Crippen molar-refractivity contribution in [2.75, 3.05) is 29.9 Å². The van der Waals surface area contributed by atoms with E-state index in [4.69, 9.17) is 0 Å². The number of benzene rings is 1. The lowest BCUT2D eigenvalue weighted by atomic mass is 9.87. The number of carbonyl (C=O) groups is 3. The molecule has 8 heteroatoms. The van der Waals surface area contributed by atoms with Crippen LogP contribution in [0.15, 0.2) is 48.7 Å². The van der Waals surface area contributed by atoms with Gasteiger partial charge in [0.2, 0.25) is 5.91 Å². The molecule has 4 amide bonds. The molecule has 2 saturated heterocycles. The van der Waals surface area contributed by atoms with Crippen molar-refractivity contribution in [3.8, 4) is 0 Å². The Labute approximate surface area is 175 Å². The Kier molecular flexibility index (Phi) is 5.39. The van der Waals surface area contributed by atoms with E-state index in [1.54, 1.807) is 24.4 Å². The van der Waals surface area contributed by atoms with E-state index in [1.807, 2.05) is 31.2 Å². The SMILES string of the molecule is CC[C@]1(c2ccccc2)NC(=O)N(CC(=O)Nc2ccc(N3CCCC3)nc2)C1=O. The van der Waals surface area contributed by atoms with Crippen LogP contribution in [0.1, 0.15) is 31.7 Å². The van der Waals surface area contributed by atoms with Crippen molar-refractivity contribution >= 4 is 29.4 Å². The van der Waals surface area contributed by atoms with Gasteiger partial charge in [-0.05, 0) is 37.0 Å². The van der Waals surface area contributed by atoms with Crippen LogP contribution >= 0.6 is 0 Å². The summed E-state index contributed by atoms with van der Waals surface area (Å²) < 4.78 is 0. The predicted octanol–water partition coefficient (Wildman–Crippen LogP) is 2.48. The maximum Gasteiger partial charge on any atom is 0.325 e. The van der Waals surface area contributed by atoms with Gasteiger partial charge in [0.15, 0.2) is 0 Å². The van der Waals surface area contributed by atoms with Crippen molar-refractivity contribution in [3.05, 3.63) is 54.2 Å². The van der Waals surface area contributed by atoms with Crippen LogP contribution in [0.3, 0.4) is 0 Å². The summed E-state index contributed by atoms with van der Waals surface area (Å²) in [5.74, 6) is 0.0169. The molecule has 2 aliphatic rings. The summed E-state index contributed by atoms with van der Waals surface area (Å²) in [6.07, 6.45) is 4.31. The zero-order valence-electron chi connectivity index (χ0n) is 16.9. The molecule has 3 heterocycles. The minimum absolute atomic E-state index is 0.354. The molecule has 0 saturated carbocycles. The first kappa shape index (κ1) is 19.9. The Balaban J connectivity index is 1.43. The fraction of sp³-hybridized carbons (Fsp3) is 0.364. The van der Waals surface area contributed by atoms with Crippen LogP contribution in [0.5, 0.6) is 0 Å². The lowest BCUT2D eigenvalue weighted by molar-refractivity contribution is -0.134. The van der Waals surface area contributed by atoms with Crippen molar-refractivity contribution in [2.45, 2.75) is 31.7 Å². The van der Waals surface area contributed by atoms with Crippen LogP contribution in [0.2, 0.25) is 0 Å². The van der Waals surface area contributed by atoms with E-state index < -0.39 is 23.4 Å². The first-order valence-corrected chi connectivity index (χ1v) is 10.2. The first-order chi connectivity index (χ1) is 14.5. The molecule has 2 fully saturated rings. The van der Waals surface area contributed by atoms with Crippen molar-refractivity contribution < 1.29 is 14.4 Å². The van der Waals surface area contributed by atoms with E-state index in [9.17, 15) is 14.4 Å². The Morgan fingerprint density at radius 3 is 2.50 bits per heavy atom. The Hall–Kier alpha value is -3.42. The summed E-state index contributed by atoms with van der Waals surface area (Å²) in [6.45, 7) is 3.46. The number of hydrogen-bond donors (Lipinski definition) is 2. The highest BCUT2D eigenvalue weighted by Crippen LogP contribution is 2.32. The highest BCUT2D eigenvalue weighted by atomic mass is 16.2. The number of carbonyl (C=O) groups excluding carboxylic acids is 3. The molecule has 8 nitrogen and oxygen atoms in total. The van der Waals surface area contributed by atoms with Crippen molar-refractivity contribution in [3.63, 3.8) is 0 Å². The maximum absolute atomic E-state index is 13.1. The van der Waals surface area contributed by atoms with Gasteiger partial charge in [0.25, 0.3) is 5.91 Å². The summed E-state index contributed by atoms with van der Waals surface area (Å²) in [5.41, 5.74) is 0.0904. The zero-order chi connectivity index (χ0) is 21.1. The smallest absolute Gasteiger partial charge is 0.325 e. The van der Waals surface area contributed by atoms with Gasteiger partial charge in [-0.2, -0.15) is 0 Å². The summed E-state index contributed by atoms with van der Waals surface area (Å²) in [6, 6.07) is 12.2. The van der Waals surface area contributed by atoms with Crippen molar-refractivity contribution in [1.29, 1.82) is 0 Å². The Morgan fingerprint density at radius 2 is 1.87 bits per heavy atom. The van der Waals surface area contributed by atoms with Gasteiger partial charge in [0, 0.05) is 13.1 Å². The molecule has 2 aromatic rings. The number of nitrogens with zero attached hydrogens (tertiary/aromatic N) is 3. The third-order valence-corrected chi connectivity index (χ3v) is 5.74. The molecule has 2 aliphatic heterocycles. The number of anilines is 2. The van der Waals surface area contributed by atoms with Crippen molar-refractivity contribution in [1.82, 2.24) is 15.2 Å². The zero-order valence-corrected chi connectivity index (χ0v) is 16.9. The standard InChI is InChI=1S/C22H25N5O3/c1-2-22(16-8-4-3-5-9-16)20(29)27(21(30)25-22)15-19(28)24-17-10-11-18(23-14-17)26-12-6-7-13-26/h3-5,8-11,14H,2,6-7,12-13,15H2,1H3,(H,24,28)(H,25,30)/t22-/m1/s1. The molecule has 0 spiro atoms. The Morgan fingerprint density at radius 1 is 1.13 bits per heavy atom. The van der Waals surface area contributed by atoms with Gasteiger partial charge in [-0.25, -0.2) is 9.78 Å². The lowest BCUT2D eigenvalue weighted by Gasteiger charge is -2.25. The fourth-order valence-electron chi connectivity index (χ4n) is 4.07. The van der Waals surface area contributed by atoms with Crippen LogP contribution in [-0.2, 0) is 15.1 Å². The van der Waals surface area contributed by atoms with Crippen LogP contribution < -0.4 is 15.5 Å². The fourth-order valence-corrected chi connectivity index (χ4v) is 4.07. The second-order valence-electron chi connectivity index (χ2n) is 7.59. The summed E-state index contributed by atoms with van der Waals surface area (Å²) in [4.78, 5) is 45.7. The number of hydrogen-bond acceptors (Lipinski definition) is 5. The van der Waals surface area contributed by atoms with Crippen LogP contribution in [0.4, 0.5) is 16.3 Å². The lowest BCUT2D eigenvalue weighted by Crippen LogP contribution is -2.44. The van der Waals surface area contributed by atoms with Gasteiger partial charge < -0.3 is 15.5 Å². The quantitative estimate of drug-likeness (QED) is 0.718. The number of aromatic nitrogens is 1. The molecular weight excluding hydrogens is 382 g/mol. The molecule has 1 aromatic carbocycles. The van der Waals surface area contributed by atoms with Gasteiger partial charge in [0.1, 0.15) is 17.9 Å². The van der Waals surface area contributed by atoms with E-state index >= 15 is 0 Å². The third kappa shape index (κ3) is 3.60. The number of urea groups is 1. The third-order valence-electron chi connectivity index (χ3n) is 5.74. The highest BCUT2D eigenvalue weighted by Gasteiger charge is 2.51. The highest BCUT2D eigenvalue weighted by molar-refractivity contribution is 6.10. The summed E-state index contributed by atoms with van der Waals surface area (Å²) in [7, 11) is 0. The van der Waals surface area contributed by atoms with Gasteiger partial charge in [-0.3, -0.25) is 14.5 Å². The summed E-state index contributed by atoms with van der Waals surface area (Å²) >= 11 is 0. The van der Waals surface area contributed by atoms with Crippen LogP contribution in [0.25, 0.3) is 0 Å². The molecular formula is C22H25N5O3. The largest absolute Gasteiger partial charge is 0.357 e. The van der Waals surface area contributed by atoms with Crippen LogP contribution in [-0.4, -0.2) is 47.4 Å². The maximum atomic E-state index is 13.1. The van der Waals surface area contributed by atoms with E-state index in [2.05, 4.69) is 20.5 Å². The average Bonchev–Trinajstić information content (AvgIpc) is 3.38. The van der Waals surface area contributed by atoms with Gasteiger partial charge in [-0.15, -0.1) is 0 Å². The van der Waals surface area contributed by atoms with Crippen LogP contribution in [0, 0.1) is 0 Å². The molecule has 0 radical (unpaired) electrons. The number of imide groups is 1. The molecule has 1 atom stereocenters. The minimum Gasteiger partial charge on any atom is -0.357 e. The number of nitrogens with one attached hydrogen (secondary N) is 2. The monoisotopic (exact) mass is 407 g/mol. The molecule has 30 heavy (non-hydrogen) atoms. The first-order valence-electron chi connectivity index (χ1n) is 10.2. The molecule has 2 N–H and O–H groups in total. The van der Waals surface area contributed by atoms with Gasteiger partial charge in [0.05, 0.1) is 11.9 Å². The normalized spacial score (nSPS) is 21.1. The molecule has 4 rings (SSSR count). The van der Waals surface area contributed by atoms with E-state index in [1.165, 1.54) is 0 Å². The van der Waals surface area contributed by atoms with E-state index in [0.717, 1.165) is 36.6 Å². The van der Waals surface area contributed by atoms with Gasteiger partial charge in [-0.1, -0.05) is 37.3 Å². The predicted molar refractivity (Wildman–Crippen MR) is 113 cm³/mol.